The van der Waals surface area contributed by atoms with Crippen molar-refractivity contribution in [3.05, 3.63) is 41.1 Å². The third-order valence-corrected chi connectivity index (χ3v) is 3.19. The number of fused-ring (bicyclic) bond motifs is 1. The first-order valence-electron chi connectivity index (χ1n) is 5.75. The van der Waals surface area contributed by atoms with E-state index in [0.717, 1.165) is 12.0 Å². The van der Waals surface area contributed by atoms with E-state index in [1.165, 1.54) is 10.9 Å². The van der Waals surface area contributed by atoms with Crippen molar-refractivity contribution in [1.82, 2.24) is 9.78 Å². The van der Waals surface area contributed by atoms with E-state index < -0.39 is 0 Å². The van der Waals surface area contributed by atoms with Gasteiger partial charge < -0.3 is 10.5 Å². The molecular formula is C13H13N3O2. The van der Waals surface area contributed by atoms with Gasteiger partial charge in [0.2, 0.25) is 5.78 Å². The van der Waals surface area contributed by atoms with Crippen molar-refractivity contribution in [2.45, 2.75) is 6.42 Å². The van der Waals surface area contributed by atoms with E-state index in [1.54, 1.807) is 13.1 Å². The van der Waals surface area contributed by atoms with Crippen LogP contribution < -0.4 is 10.5 Å². The standard InChI is InChI=1S/C13H13N3O2/c1-16-13(14)10(7-15-16)11(17)9-4-2-3-8-5-6-18-12(8)9/h2-4,7H,5-6,14H2,1H3. The molecule has 0 amide bonds. The summed E-state index contributed by atoms with van der Waals surface area (Å²) in [5.41, 5.74) is 7.88. The van der Waals surface area contributed by atoms with E-state index in [2.05, 4.69) is 5.10 Å². The van der Waals surface area contributed by atoms with Crippen LogP contribution in [0.4, 0.5) is 5.82 Å². The van der Waals surface area contributed by atoms with E-state index >= 15 is 0 Å². The second kappa shape index (κ2) is 3.87. The SMILES string of the molecule is Cn1ncc(C(=O)c2cccc3c2OCC3)c1N. The fraction of sp³-hybridized carbons (Fsp3) is 0.231. The number of hydrogen-bond donors (Lipinski definition) is 1. The topological polar surface area (TPSA) is 70.1 Å². The van der Waals surface area contributed by atoms with Crippen molar-refractivity contribution in [3.63, 3.8) is 0 Å². The number of ketones is 1. The molecule has 0 saturated heterocycles. The fourth-order valence-electron chi connectivity index (χ4n) is 2.16. The molecule has 1 aliphatic rings. The quantitative estimate of drug-likeness (QED) is 0.804. The average molecular weight is 243 g/mol. The van der Waals surface area contributed by atoms with Gasteiger partial charge >= 0.3 is 0 Å². The molecule has 0 fully saturated rings. The number of nitrogens with two attached hydrogens (primary N) is 1. The Morgan fingerprint density at radius 1 is 1.44 bits per heavy atom. The summed E-state index contributed by atoms with van der Waals surface area (Å²) in [6.07, 6.45) is 2.34. The van der Waals surface area contributed by atoms with Crippen LogP contribution in [-0.2, 0) is 13.5 Å². The molecular weight excluding hydrogens is 230 g/mol. The lowest BCUT2D eigenvalue weighted by atomic mass is 10.0. The summed E-state index contributed by atoms with van der Waals surface area (Å²) >= 11 is 0. The van der Waals surface area contributed by atoms with Gasteiger partial charge in [0.05, 0.1) is 23.9 Å². The van der Waals surface area contributed by atoms with E-state index in [1.807, 2.05) is 12.1 Å². The number of para-hydroxylation sites is 1. The summed E-state index contributed by atoms with van der Waals surface area (Å²) in [5, 5.41) is 3.99. The summed E-state index contributed by atoms with van der Waals surface area (Å²) in [4.78, 5) is 12.4. The van der Waals surface area contributed by atoms with E-state index in [9.17, 15) is 4.79 Å². The van der Waals surface area contributed by atoms with Crippen molar-refractivity contribution in [2.75, 3.05) is 12.3 Å². The van der Waals surface area contributed by atoms with Crippen molar-refractivity contribution in [2.24, 2.45) is 7.05 Å². The zero-order valence-electron chi connectivity index (χ0n) is 10.0. The fourth-order valence-corrected chi connectivity index (χ4v) is 2.16. The summed E-state index contributed by atoms with van der Waals surface area (Å²) in [5.74, 6) is 0.917. The second-order valence-electron chi connectivity index (χ2n) is 4.29. The van der Waals surface area contributed by atoms with Crippen LogP contribution in [0.15, 0.2) is 24.4 Å². The van der Waals surface area contributed by atoms with Crippen molar-refractivity contribution in [3.8, 4) is 5.75 Å². The number of hydrogen-bond acceptors (Lipinski definition) is 4. The Morgan fingerprint density at radius 2 is 2.28 bits per heavy atom. The maximum Gasteiger partial charge on any atom is 0.202 e. The Labute approximate surface area is 104 Å². The van der Waals surface area contributed by atoms with Gasteiger partial charge in [-0.25, -0.2) is 0 Å². The molecule has 1 aromatic heterocycles. The molecule has 1 aliphatic heterocycles. The van der Waals surface area contributed by atoms with Crippen LogP contribution in [0.2, 0.25) is 0 Å². The molecule has 0 bridgehead atoms. The molecule has 0 radical (unpaired) electrons. The van der Waals surface area contributed by atoms with Crippen LogP contribution in [0.1, 0.15) is 21.5 Å². The minimum absolute atomic E-state index is 0.139. The smallest absolute Gasteiger partial charge is 0.202 e. The third kappa shape index (κ3) is 1.48. The molecule has 0 spiro atoms. The lowest BCUT2D eigenvalue weighted by Crippen LogP contribution is -2.07. The number of carbonyl (C=O) groups is 1. The number of ether oxygens (including phenoxy) is 1. The van der Waals surface area contributed by atoms with Crippen LogP contribution in [0, 0.1) is 0 Å². The lowest BCUT2D eigenvalue weighted by molar-refractivity contribution is 0.103. The monoisotopic (exact) mass is 243 g/mol. The summed E-state index contributed by atoms with van der Waals surface area (Å²) < 4.78 is 7.01. The highest BCUT2D eigenvalue weighted by Gasteiger charge is 2.23. The highest BCUT2D eigenvalue weighted by molar-refractivity contribution is 6.13. The first-order chi connectivity index (χ1) is 8.68. The maximum atomic E-state index is 12.4. The van der Waals surface area contributed by atoms with Crippen molar-refractivity contribution >= 4 is 11.6 Å². The van der Waals surface area contributed by atoms with Crippen LogP contribution in [0.5, 0.6) is 5.75 Å². The number of aromatic nitrogens is 2. The number of rotatable bonds is 2. The predicted molar refractivity (Wildman–Crippen MR) is 66.7 cm³/mol. The van der Waals surface area contributed by atoms with Gasteiger partial charge in [0, 0.05) is 13.5 Å². The molecule has 5 heteroatoms. The Morgan fingerprint density at radius 3 is 3.00 bits per heavy atom. The highest BCUT2D eigenvalue weighted by Crippen LogP contribution is 2.31. The molecule has 0 unspecified atom stereocenters. The first-order valence-corrected chi connectivity index (χ1v) is 5.75. The minimum Gasteiger partial charge on any atom is -0.492 e. The van der Waals surface area contributed by atoms with Gasteiger partial charge in [-0.05, 0) is 11.6 Å². The molecule has 2 N–H and O–H groups in total. The average Bonchev–Trinajstić information content (AvgIpc) is 2.96. The molecule has 92 valence electrons. The highest BCUT2D eigenvalue weighted by atomic mass is 16.5. The lowest BCUT2D eigenvalue weighted by Gasteiger charge is -2.06. The molecule has 0 atom stereocenters. The van der Waals surface area contributed by atoms with Crippen LogP contribution in [-0.4, -0.2) is 22.2 Å². The Hall–Kier alpha value is -2.30. The molecule has 1 aromatic carbocycles. The van der Waals surface area contributed by atoms with Crippen LogP contribution in [0.3, 0.4) is 0 Å². The number of nitrogens with zero attached hydrogens (tertiary/aromatic N) is 2. The van der Waals surface area contributed by atoms with Crippen LogP contribution >= 0.6 is 0 Å². The van der Waals surface area contributed by atoms with E-state index in [4.69, 9.17) is 10.5 Å². The zero-order chi connectivity index (χ0) is 12.7. The van der Waals surface area contributed by atoms with Gasteiger partial charge in [-0.3, -0.25) is 9.48 Å². The minimum atomic E-state index is -0.139. The summed E-state index contributed by atoms with van der Waals surface area (Å²) in [6.45, 7) is 0.627. The molecule has 2 aromatic rings. The van der Waals surface area contributed by atoms with Gasteiger partial charge in [0.15, 0.2) is 0 Å². The second-order valence-corrected chi connectivity index (χ2v) is 4.29. The van der Waals surface area contributed by atoms with Gasteiger partial charge in [-0.2, -0.15) is 5.10 Å². The van der Waals surface area contributed by atoms with E-state index in [-0.39, 0.29) is 5.78 Å². The largest absolute Gasteiger partial charge is 0.492 e. The Balaban J connectivity index is 2.09. The van der Waals surface area contributed by atoms with Gasteiger partial charge in [0.1, 0.15) is 11.6 Å². The molecule has 3 rings (SSSR count). The van der Waals surface area contributed by atoms with Crippen molar-refractivity contribution in [1.29, 1.82) is 0 Å². The van der Waals surface area contributed by atoms with Crippen molar-refractivity contribution < 1.29 is 9.53 Å². The molecule has 2 heterocycles. The molecule has 18 heavy (non-hydrogen) atoms. The predicted octanol–water partition coefficient (Wildman–Crippen LogP) is 1.17. The number of nitrogen functional groups attached to an aromatic ring is 1. The van der Waals surface area contributed by atoms with Gasteiger partial charge in [0.25, 0.3) is 0 Å². The summed E-state index contributed by atoms with van der Waals surface area (Å²) in [6, 6.07) is 5.61. The number of aryl methyl sites for hydroxylation is 1. The maximum absolute atomic E-state index is 12.4. The van der Waals surface area contributed by atoms with Gasteiger partial charge in [-0.1, -0.05) is 12.1 Å². The molecule has 0 aliphatic carbocycles. The molecule has 0 saturated carbocycles. The zero-order valence-corrected chi connectivity index (χ0v) is 10.0. The van der Waals surface area contributed by atoms with Gasteiger partial charge in [-0.15, -0.1) is 0 Å². The van der Waals surface area contributed by atoms with E-state index in [0.29, 0.717) is 29.3 Å². The number of benzene rings is 1. The molecule has 5 nitrogen and oxygen atoms in total. The summed E-state index contributed by atoms with van der Waals surface area (Å²) in [7, 11) is 1.71. The Kier molecular flexibility index (Phi) is 2.33. The Bertz CT molecular complexity index is 631. The normalized spacial score (nSPS) is 13.2. The first kappa shape index (κ1) is 10.8. The third-order valence-electron chi connectivity index (χ3n) is 3.19. The number of carbonyl (C=O) groups excluding carboxylic acids is 1. The van der Waals surface area contributed by atoms with Crippen LogP contribution in [0.25, 0.3) is 0 Å². The number of anilines is 1.